The van der Waals surface area contributed by atoms with Crippen LogP contribution >= 0.6 is 0 Å². The molecule has 28 heavy (non-hydrogen) atoms. The highest BCUT2D eigenvalue weighted by molar-refractivity contribution is 7.90. The van der Waals surface area contributed by atoms with E-state index in [9.17, 15) is 18.0 Å². The molecule has 10 heteroatoms. The molecule has 0 aromatic carbocycles. The molecule has 4 fully saturated rings. The molecule has 3 N–H and O–H groups in total. The summed E-state index contributed by atoms with van der Waals surface area (Å²) in [6.45, 7) is 4.60. The molecule has 4 rings (SSSR count). The second kappa shape index (κ2) is 7.23. The van der Waals surface area contributed by atoms with E-state index in [-0.39, 0.29) is 36.0 Å². The maximum absolute atomic E-state index is 13.2. The summed E-state index contributed by atoms with van der Waals surface area (Å²) in [5.41, 5.74) is -0.315. The Balaban J connectivity index is 1.48. The SMILES string of the molecule is CN1C(=O)N(CC2CNCCN2)C(=O)C2CC(S(=O)(=O)NC3(C)CC3)CCC21. The van der Waals surface area contributed by atoms with Crippen molar-refractivity contribution in [1.29, 1.82) is 0 Å². The fraction of sp³-hybridized carbons (Fsp3) is 0.889. The van der Waals surface area contributed by atoms with Crippen molar-refractivity contribution in [3.63, 3.8) is 0 Å². The Morgan fingerprint density at radius 2 is 1.96 bits per heavy atom. The highest BCUT2D eigenvalue weighted by atomic mass is 32.2. The van der Waals surface area contributed by atoms with E-state index in [0.717, 1.165) is 25.9 Å². The van der Waals surface area contributed by atoms with E-state index in [1.807, 2.05) is 6.92 Å². The minimum absolute atomic E-state index is 0.0196. The first-order chi connectivity index (χ1) is 13.2. The molecule has 0 radical (unpaired) electrons. The predicted molar refractivity (Wildman–Crippen MR) is 104 cm³/mol. The number of urea groups is 1. The number of imide groups is 1. The van der Waals surface area contributed by atoms with Gasteiger partial charge in [0.25, 0.3) is 0 Å². The molecule has 0 aromatic rings. The number of carbonyl (C=O) groups excluding carboxylic acids is 2. The number of rotatable bonds is 5. The van der Waals surface area contributed by atoms with Crippen LogP contribution in [-0.2, 0) is 14.8 Å². The van der Waals surface area contributed by atoms with Crippen molar-refractivity contribution in [2.75, 3.05) is 33.2 Å². The lowest BCUT2D eigenvalue weighted by Gasteiger charge is -2.47. The maximum Gasteiger partial charge on any atom is 0.326 e. The summed E-state index contributed by atoms with van der Waals surface area (Å²) < 4.78 is 28.5. The number of fused-ring (bicyclic) bond motifs is 1. The average molecular weight is 414 g/mol. The third kappa shape index (κ3) is 3.79. The van der Waals surface area contributed by atoms with Gasteiger partial charge in [-0.1, -0.05) is 0 Å². The molecule has 2 aliphatic carbocycles. The predicted octanol–water partition coefficient (Wildman–Crippen LogP) is -0.549. The van der Waals surface area contributed by atoms with Crippen LogP contribution in [0.15, 0.2) is 0 Å². The zero-order valence-corrected chi connectivity index (χ0v) is 17.4. The summed E-state index contributed by atoms with van der Waals surface area (Å²) in [7, 11) is -1.75. The Morgan fingerprint density at radius 1 is 1.21 bits per heavy atom. The fourth-order valence-electron chi connectivity index (χ4n) is 4.70. The Morgan fingerprint density at radius 3 is 2.61 bits per heavy atom. The van der Waals surface area contributed by atoms with E-state index in [1.165, 1.54) is 4.90 Å². The van der Waals surface area contributed by atoms with Crippen LogP contribution in [-0.4, -0.2) is 86.3 Å². The fourth-order valence-corrected chi connectivity index (χ4v) is 6.67. The minimum atomic E-state index is -3.47. The molecule has 4 aliphatic rings. The Hall–Kier alpha value is -1.23. The lowest BCUT2D eigenvalue weighted by Crippen LogP contribution is -2.65. The minimum Gasteiger partial charge on any atom is -0.324 e. The molecule has 2 saturated carbocycles. The van der Waals surface area contributed by atoms with Crippen LogP contribution in [0.5, 0.6) is 0 Å². The highest BCUT2D eigenvalue weighted by Gasteiger charge is 2.51. The Bertz CT molecular complexity index is 747. The number of amides is 3. The summed E-state index contributed by atoms with van der Waals surface area (Å²) >= 11 is 0. The average Bonchev–Trinajstić information content (AvgIpc) is 3.39. The monoisotopic (exact) mass is 413 g/mol. The molecule has 2 saturated heterocycles. The molecule has 0 bridgehead atoms. The number of carbonyl (C=O) groups is 2. The van der Waals surface area contributed by atoms with E-state index >= 15 is 0 Å². The summed E-state index contributed by atoms with van der Waals surface area (Å²) in [6, 6.07) is -0.466. The van der Waals surface area contributed by atoms with Gasteiger partial charge >= 0.3 is 6.03 Å². The van der Waals surface area contributed by atoms with E-state index in [2.05, 4.69) is 15.4 Å². The first kappa shape index (κ1) is 20.1. The third-order valence-electron chi connectivity index (χ3n) is 6.74. The molecule has 2 aliphatic heterocycles. The summed E-state index contributed by atoms with van der Waals surface area (Å²) in [5, 5.41) is 6.01. The third-order valence-corrected chi connectivity index (χ3v) is 8.82. The van der Waals surface area contributed by atoms with E-state index in [1.54, 1.807) is 11.9 Å². The zero-order chi connectivity index (χ0) is 20.1. The van der Waals surface area contributed by atoms with Gasteiger partial charge in [0.05, 0.1) is 11.2 Å². The van der Waals surface area contributed by atoms with E-state index in [4.69, 9.17) is 0 Å². The number of piperazine rings is 1. The van der Waals surface area contributed by atoms with Crippen LogP contribution in [0.3, 0.4) is 0 Å². The highest BCUT2D eigenvalue weighted by Crippen LogP contribution is 2.39. The molecule has 4 atom stereocenters. The van der Waals surface area contributed by atoms with Gasteiger partial charge in [0.2, 0.25) is 15.9 Å². The molecule has 0 spiro atoms. The van der Waals surface area contributed by atoms with Gasteiger partial charge in [-0.05, 0) is 39.0 Å². The van der Waals surface area contributed by atoms with Gasteiger partial charge in [-0.2, -0.15) is 0 Å². The van der Waals surface area contributed by atoms with E-state index < -0.39 is 21.2 Å². The van der Waals surface area contributed by atoms with Crippen molar-refractivity contribution >= 4 is 22.0 Å². The molecule has 0 aromatic heterocycles. The number of hydrogen-bond donors (Lipinski definition) is 3. The van der Waals surface area contributed by atoms with Gasteiger partial charge in [0, 0.05) is 50.8 Å². The topological polar surface area (TPSA) is 111 Å². The van der Waals surface area contributed by atoms with Crippen LogP contribution in [0.4, 0.5) is 4.79 Å². The van der Waals surface area contributed by atoms with Crippen LogP contribution in [0, 0.1) is 5.92 Å². The van der Waals surface area contributed by atoms with Crippen molar-refractivity contribution < 1.29 is 18.0 Å². The van der Waals surface area contributed by atoms with Gasteiger partial charge in [0.1, 0.15) is 0 Å². The standard InChI is InChI=1S/C18H31N5O4S/c1-18(5-6-18)21-28(26,27)13-3-4-15-14(9-13)16(24)23(17(25)22(15)2)11-12-10-19-7-8-20-12/h12-15,19-21H,3-11H2,1-2H3. The maximum atomic E-state index is 13.2. The second-order valence-electron chi connectivity index (χ2n) is 9.01. The molecule has 2 heterocycles. The summed E-state index contributed by atoms with van der Waals surface area (Å²) in [4.78, 5) is 28.9. The lowest BCUT2D eigenvalue weighted by molar-refractivity contribution is -0.140. The Kier molecular flexibility index (Phi) is 5.18. The number of hydrogen-bond acceptors (Lipinski definition) is 6. The number of nitrogens with one attached hydrogen (secondary N) is 3. The van der Waals surface area contributed by atoms with Crippen LogP contribution in [0.25, 0.3) is 0 Å². The second-order valence-corrected chi connectivity index (χ2v) is 11.0. The number of nitrogens with zero attached hydrogens (tertiary/aromatic N) is 2. The molecular formula is C18H31N5O4S. The van der Waals surface area contributed by atoms with Gasteiger partial charge in [-0.25, -0.2) is 17.9 Å². The van der Waals surface area contributed by atoms with Gasteiger partial charge in [-0.3, -0.25) is 9.69 Å². The molecular weight excluding hydrogens is 382 g/mol. The summed E-state index contributed by atoms with van der Waals surface area (Å²) in [5.74, 6) is -0.681. The van der Waals surface area contributed by atoms with Gasteiger partial charge < -0.3 is 15.5 Å². The molecule has 9 nitrogen and oxygen atoms in total. The quantitative estimate of drug-likeness (QED) is 0.558. The van der Waals surface area contributed by atoms with Gasteiger partial charge in [0.15, 0.2) is 0 Å². The summed E-state index contributed by atoms with van der Waals surface area (Å²) in [6.07, 6.45) is 3.01. The molecule has 158 valence electrons. The smallest absolute Gasteiger partial charge is 0.324 e. The van der Waals surface area contributed by atoms with Crippen molar-refractivity contribution in [3.05, 3.63) is 0 Å². The van der Waals surface area contributed by atoms with Crippen LogP contribution in [0.1, 0.15) is 39.0 Å². The molecule has 4 unspecified atom stereocenters. The lowest BCUT2D eigenvalue weighted by atomic mass is 9.81. The van der Waals surface area contributed by atoms with Crippen LogP contribution < -0.4 is 15.4 Å². The first-order valence-electron chi connectivity index (χ1n) is 10.3. The van der Waals surface area contributed by atoms with Crippen LogP contribution in [0.2, 0.25) is 0 Å². The van der Waals surface area contributed by atoms with Gasteiger partial charge in [-0.15, -0.1) is 0 Å². The zero-order valence-electron chi connectivity index (χ0n) is 16.6. The number of sulfonamides is 1. The molecule has 3 amide bonds. The largest absolute Gasteiger partial charge is 0.326 e. The van der Waals surface area contributed by atoms with Crippen molar-refractivity contribution in [2.45, 2.75) is 61.9 Å². The normalized spacial score (nSPS) is 35.6. The van der Waals surface area contributed by atoms with Crippen molar-refractivity contribution in [3.8, 4) is 0 Å². The first-order valence-corrected chi connectivity index (χ1v) is 11.8. The van der Waals surface area contributed by atoms with E-state index in [0.29, 0.717) is 25.9 Å². The van der Waals surface area contributed by atoms with Crippen molar-refractivity contribution in [2.24, 2.45) is 5.92 Å². The van der Waals surface area contributed by atoms with Crippen molar-refractivity contribution in [1.82, 2.24) is 25.2 Å². The Labute approximate surface area is 166 Å².